The molecule has 0 radical (unpaired) electrons. The van der Waals surface area contributed by atoms with Gasteiger partial charge in [-0.1, -0.05) is 6.07 Å². The molecule has 1 saturated heterocycles. The molecule has 22 heavy (non-hydrogen) atoms. The summed E-state index contributed by atoms with van der Waals surface area (Å²) in [4.78, 5) is 24.1. The van der Waals surface area contributed by atoms with Crippen molar-refractivity contribution in [3.05, 3.63) is 52.4 Å². The van der Waals surface area contributed by atoms with Crippen molar-refractivity contribution in [2.75, 3.05) is 6.54 Å². The molecule has 0 bridgehead atoms. The van der Waals surface area contributed by atoms with Crippen LogP contribution in [0.15, 0.2) is 36.1 Å². The molecule has 0 unspecified atom stereocenters. The van der Waals surface area contributed by atoms with Crippen molar-refractivity contribution in [3.63, 3.8) is 0 Å². The number of imidazole rings is 1. The van der Waals surface area contributed by atoms with Gasteiger partial charge in [-0.25, -0.2) is 9.97 Å². The highest BCUT2D eigenvalue weighted by molar-refractivity contribution is 7.11. The molecule has 1 aliphatic rings. The van der Waals surface area contributed by atoms with E-state index in [1.54, 1.807) is 11.7 Å². The van der Waals surface area contributed by atoms with Crippen molar-refractivity contribution in [1.82, 2.24) is 19.3 Å². The molecule has 3 aromatic rings. The van der Waals surface area contributed by atoms with Gasteiger partial charge in [-0.3, -0.25) is 4.79 Å². The van der Waals surface area contributed by atoms with Gasteiger partial charge >= 0.3 is 0 Å². The Labute approximate surface area is 132 Å². The molecule has 5 nitrogen and oxygen atoms in total. The van der Waals surface area contributed by atoms with Crippen LogP contribution in [0.3, 0.4) is 0 Å². The van der Waals surface area contributed by atoms with E-state index in [1.165, 1.54) is 11.3 Å². The lowest BCUT2D eigenvalue weighted by atomic mass is 10.1. The number of aromatic nitrogens is 3. The van der Waals surface area contributed by atoms with Crippen LogP contribution in [0.25, 0.3) is 5.65 Å². The zero-order valence-corrected chi connectivity index (χ0v) is 13.1. The third-order valence-electron chi connectivity index (χ3n) is 4.25. The Hall–Kier alpha value is -2.21. The molecular formula is C16H16N4OS. The molecule has 112 valence electrons. The maximum absolute atomic E-state index is 12.9. The van der Waals surface area contributed by atoms with Crippen molar-refractivity contribution >= 4 is 22.9 Å². The molecule has 1 fully saturated rings. The van der Waals surface area contributed by atoms with Crippen LogP contribution in [0, 0.1) is 6.92 Å². The van der Waals surface area contributed by atoms with Crippen LogP contribution in [0.2, 0.25) is 0 Å². The van der Waals surface area contributed by atoms with E-state index in [1.807, 2.05) is 30.2 Å². The molecule has 4 heterocycles. The monoisotopic (exact) mass is 312 g/mol. The molecule has 0 saturated carbocycles. The molecule has 1 aliphatic heterocycles. The molecule has 0 aliphatic carbocycles. The van der Waals surface area contributed by atoms with E-state index in [0.717, 1.165) is 41.3 Å². The first-order chi connectivity index (χ1) is 10.8. The van der Waals surface area contributed by atoms with Crippen LogP contribution in [0.1, 0.15) is 39.9 Å². The molecule has 1 amide bonds. The van der Waals surface area contributed by atoms with Crippen molar-refractivity contribution in [1.29, 1.82) is 0 Å². The van der Waals surface area contributed by atoms with Crippen LogP contribution in [0.4, 0.5) is 0 Å². The minimum atomic E-state index is 0.0969. The highest BCUT2D eigenvalue weighted by Gasteiger charge is 2.33. The highest BCUT2D eigenvalue weighted by atomic mass is 32.1. The van der Waals surface area contributed by atoms with Gasteiger partial charge in [0.2, 0.25) is 0 Å². The van der Waals surface area contributed by atoms with Gasteiger partial charge < -0.3 is 9.30 Å². The van der Waals surface area contributed by atoms with Gasteiger partial charge in [0.1, 0.15) is 10.5 Å². The van der Waals surface area contributed by atoms with Gasteiger partial charge in [0, 0.05) is 24.6 Å². The van der Waals surface area contributed by atoms with Crippen LogP contribution in [0.5, 0.6) is 0 Å². The summed E-state index contributed by atoms with van der Waals surface area (Å²) >= 11 is 1.43. The SMILES string of the molecule is Cc1ncsc1C(=O)N1CCC[C@H]1c1cccc2nccn12. The number of rotatable bonds is 2. The largest absolute Gasteiger partial charge is 0.329 e. The van der Waals surface area contributed by atoms with Crippen LogP contribution in [-0.4, -0.2) is 31.7 Å². The molecule has 6 heteroatoms. The van der Waals surface area contributed by atoms with E-state index in [-0.39, 0.29) is 11.9 Å². The fraction of sp³-hybridized carbons (Fsp3) is 0.312. The number of amides is 1. The molecule has 0 spiro atoms. The summed E-state index contributed by atoms with van der Waals surface area (Å²) in [6, 6.07) is 6.19. The molecule has 0 aromatic carbocycles. The normalized spacial score (nSPS) is 18.2. The quantitative estimate of drug-likeness (QED) is 0.730. The van der Waals surface area contributed by atoms with Crippen LogP contribution in [-0.2, 0) is 0 Å². The third-order valence-corrected chi connectivity index (χ3v) is 5.17. The van der Waals surface area contributed by atoms with E-state index in [4.69, 9.17) is 0 Å². The minimum Gasteiger partial charge on any atom is -0.329 e. The van der Waals surface area contributed by atoms with E-state index in [0.29, 0.717) is 0 Å². The second kappa shape index (κ2) is 5.21. The zero-order chi connectivity index (χ0) is 15.1. The first kappa shape index (κ1) is 13.5. The second-order valence-electron chi connectivity index (χ2n) is 5.53. The number of pyridine rings is 1. The predicted octanol–water partition coefficient (Wildman–Crippen LogP) is 3.08. The van der Waals surface area contributed by atoms with E-state index in [2.05, 4.69) is 20.4 Å². The molecular weight excluding hydrogens is 296 g/mol. The van der Waals surface area contributed by atoms with E-state index >= 15 is 0 Å². The number of thiazole rings is 1. The fourth-order valence-electron chi connectivity index (χ4n) is 3.20. The summed E-state index contributed by atoms with van der Waals surface area (Å²) in [5.41, 5.74) is 4.61. The van der Waals surface area contributed by atoms with Gasteiger partial charge in [-0.2, -0.15) is 0 Å². The summed E-state index contributed by atoms with van der Waals surface area (Å²) < 4.78 is 2.08. The zero-order valence-electron chi connectivity index (χ0n) is 12.3. The Morgan fingerprint density at radius 2 is 2.27 bits per heavy atom. The van der Waals surface area contributed by atoms with Crippen molar-refractivity contribution in [2.45, 2.75) is 25.8 Å². The van der Waals surface area contributed by atoms with Crippen molar-refractivity contribution < 1.29 is 4.79 Å². The van der Waals surface area contributed by atoms with Gasteiger partial charge in [-0.05, 0) is 31.9 Å². The Balaban J connectivity index is 1.74. The van der Waals surface area contributed by atoms with Gasteiger partial charge in [0.15, 0.2) is 0 Å². The Bertz CT molecular complexity index is 837. The first-order valence-electron chi connectivity index (χ1n) is 7.39. The van der Waals surface area contributed by atoms with Gasteiger partial charge in [-0.15, -0.1) is 11.3 Å². The lowest BCUT2D eigenvalue weighted by Crippen LogP contribution is -2.31. The van der Waals surface area contributed by atoms with Gasteiger partial charge in [0.25, 0.3) is 5.91 Å². The average molecular weight is 312 g/mol. The first-order valence-corrected chi connectivity index (χ1v) is 8.26. The molecule has 4 rings (SSSR count). The fourth-order valence-corrected chi connectivity index (χ4v) is 3.95. The number of hydrogen-bond donors (Lipinski definition) is 0. The lowest BCUT2D eigenvalue weighted by molar-refractivity contribution is 0.0736. The lowest BCUT2D eigenvalue weighted by Gasteiger charge is -2.25. The van der Waals surface area contributed by atoms with Crippen LogP contribution < -0.4 is 0 Å². The Kier molecular flexibility index (Phi) is 3.18. The summed E-state index contributed by atoms with van der Waals surface area (Å²) in [6.45, 7) is 2.69. The summed E-state index contributed by atoms with van der Waals surface area (Å²) in [7, 11) is 0. The summed E-state index contributed by atoms with van der Waals surface area (Å²) in [6.07, 6.45) is 5.77. The summed E-state index contributed by atoms with van der Waals surface area (Å²) in [5.74, 6) is 0.0969. The van der Waals surface area contributed by atoms with Crippen molar-refractivity contribution in [3.8, 4) is 0 Å². The number of carbonyl (C=O) groups is 1. The second-order valence-corrected chi connectivity index (χ2v) is 6.38. The predicted molar refractivity (Wildman–Crippen MR) is 85.1 cm³/mol. The van der Waals surface area contributed by atoms with Crippen LogP contribution >= 0.6 is 11.3 Å². The standard InChI is InChI=1S/C16H16N4OS/c1-11-15(22-10-18-11)16(21)20-8-3-5-13(20)12-4-2-6-14-17-7-9-19(12)14/h2,4,6-7,9-10,13H,3,5,8H2,1H3/t13-/m0/s1. The molecule has 3 aromatic heterocycles. The number of aryl methyl sites for hydroxylation is 1. The topological polar surface area (TPSA) is 50.5 Å². The maximum Gasteiger partial charge on any atom is 0.266 e. The smallest absolute Gasteiger partial charge is 0.266 e. The number of hydrogen-bond acceptors (Lipinski definition) is 4. The van der Waals surface area contributed by atoms with Crippen molar-refractivity contribution in [2.24, 2.45) is 0 Å². The van der Waals surface area contributed by atoms with E-state index in [9.17, 15) is 4.79 Å². The minimum absolute atomic E-state index is 0.0969. The number of likely N-dealkylation sites (tertiary alicyclic amines) is 1. The average Bonchev–Trinajstić information content (AvgIpc) is 3.25. The number of fused-ring (bicyclic) bond motifs is 1. The molecule has 1 atom stereocenters. The maximum atomic E-state index is 12.9. The third kappa shape index (κ3) is 2.02. The van der Waals surface area contributed by atoms with E-state index < -0.39 is 0 Å². The highest BCUT2D eigenvalue weighted by Crippen LogP contribution is 2.34. The Morgan fingerprint density at radius 1 is 1.36 bits per heavy atom. The Morgan fingerprint density at radius 3 is 3.09 bits per heavy atom. The number of nitrogens with zero attached hydrogens (tertiary/aromatic N) is 4. The molecule has 0 N–H and O–H groups in total. The van der Waals surface area contributed by atoms with Gasteiger partial charge in [0.05, 0.1) is 17.2 Å². The number of carbonyl (C=O) groups excluding carboxylic acids is 1. The summed E-state index contributed by atoms with van der Waals surface area (Å²) in [5, 5.41) is 0.